The van der Waals surface area contributed by atoms with Gasteiger partial charge in [0.1, 0.15) is 11.6 Å². The van der Waals surface area contributed by atoms with Gasteiger partial charge < -0.3 is 9.64 Å². The van der Waals surface area contributed by atoms with Crippen LogP contribution in [0, 0.1) is 5.82 Å². The van der Waals surface area contributed by atoms with Crippen molar-refractivity contribution in [3.05, 3.63) is 60.4 Å². The van der Waals surface area contributed by atoms with Crippen LogP contribution in [0.25, 0.3) is 0 Å². The van der Waals surface area contributed by atoms with Crippen molar-refractivity contribution in [2.75, 3.05) is 23.0 Å². The number of ether oxygens (including phenoxy) is 1. The third-order valence-corrected chi connectivity index (χ3v) is 7.69. The number of hydrogen-bond donors (Lipinski definition) is 0. The lowest BCUT2D eigenvalue weighted by molar-refractivity contribution is -0.119. The predicted octanol–water partition coefficient (Wildman–Crippen LogP) is 2.51. The maximum absolute atomic E-state index is 13.7. The standard InChI is InChI=1S/C19H17FN2O4S2/c20-13-5-4-6-14(9-13)22-16-11-28(24,25)12-17(16)27-19(22)21-18(23)10-26-15-7-2-1-3-8-15/h1-9,16-17H,10-12H2/t16-,17-/m1/s1. The molecule has 2 heterocycles. The zero-order valence-electron chi connectivity index (χ0n) is 14.7. The van der Waals surface area contributed by atoms with Gasteiger partial charge in [-0.15, -0.1) is 0 Å². The highest BCUT2D eigenvalue weighted by Gasteiger charge is 2.49. The number of amidine groups is 1. The van der Waals surface area contributed by atoms with E-state index >= 15 is 0 Å². The Hall–Kier alpha value is -2.39. The van der Waals surface area contributed by atoms with Crippen molar-refractivity contribution in [3.63, 3.8) is 0 Å². The average molecular weight is 420 g/mol. The van der Waals surface area contributed by atoms with Gasteiger partial charge in [0.2, 0.25) is 0 Å². The van der Waals surface area contributed by atoms with E-state index in [1.54, 1.807) is 41.3 Å². The van der Waals surface area contributed by atoms with Gasteiger partial charge in [0.05, 0.1) is 17.5 Å². The van der Waals surface area contributed by atoms with Crippen molar-refractivity contribution in [3.8, 4) is 5.75 Å². The Morgan fingerprint density at radius 2 is 1.96 bits per heavy atom. The summed E-state index contributed by atoms with van der Waals surface area (Å²) in [6.07, 6.45) is 0. The van der Waals surface area contributed by atoms with E-state index < -0.39 is 21.6 Å². The maximum atomic E-state index is 13.7. The van der Waals surface area contributed by atoms with Gasteiger partial charge in [0.25, 0.3) is 5.91 Å². The molecule has 28 heavy (non-hydrogen) atoms. The van der Waals surface area contributed by atoms with Gasteiger partial charge in [-0.25, -0.2) is 12.8 Å². The van der Waals surface area contributed by atoms with Gasteiger partial charge in [-0.2, -0.15) is 4.99 Å². The Kier molecular flexibility index (Phi) is 5.11. The second-order valence-corrected chi connectivity index (χ2v) is 9.90. The predicted molar refractivity (Wildman–Crippen MR) is 107 cm³/mol. The van der Waals surface area contributed by atoms with Crippen molar-refractivity contribution in [1.29, 1.82) is 0 Å². The van der Waals surface area contributed by atoms with Gasteiger partial charge in [0, 0.05) is 10.9 Å². The molecule has 0 radical (unpaired) electrons. The minimum Gasteiger partial charge on any atom is -0.484 e. The number of thioether (sulfide) groups is 1. The number of aliphatic imine (C=N–C) groups is 1. The monoisotopic (exact) mass is 420 g/mol. The third kappa shape index (κ3) is 4.05. The third-order valence-electron chi connectivity index (χ3n) is 4.48. The summed E-state index contributed by atoms with van der Waals surface area (Å²) >= 11 is 1.24. The first kappa shape index (κ1) is 18.9. The fraction of sp³-hybridized carbons (Fsp3) is 0.263. The molecule has 9 heteroatoms. The van der Waals surface area contributed by atoms with Crippen LogP contribution in [-0.4, -0.2) is 48.9 Å². The maximum Gasteiger partial charge on any atom is 0.285 e. The number of hydrogen-bond acceptors (Lipinski definition) is 5. The highest BCUT2D eigenvalue weighted by atomic mass is 32.2. The highest BCUT2D eigenvalue weighted by Crippen LogP contribution is 2.41. The molecule has 0 aromatic heterocycles. The summed E-state index contributed by atoms with van der Waals surface area (Å²) in [5.74, 6) is -0.405. The molecule has 0 unspecified atom stereocenters. The van der Waals surface area contributed by atoms with Crippen LogP contribution >= 0.6 is 11.8 Å². The SMILES string of the molecule is O=C(COc1ccccc1)N=C1S[C@@H]2CS(=O)(=O)C[C@H]2N1c1cccc(F)c1. The molecule has 2 fully saturated rings. The van der Waals surface area contributed by atoms with E-state index in [-0.39, 0.29) is 29.4 Å². The van der Waals surface area contributed by atoms with Crippen molar-refractivity contribution in [2.45, 2.75) is 11.3 Å². The molecule has 4 rings (SSSR count). The summed E-state index contributed by atoms with van der Waals surface area (Å²) in [5, 5.41) is 0.132. The van der Waals surface area contributed by atoms with Crippen LogP contribution in [0.3, 0.4) is 0 Å². The number of rotatable bonds is 4. The zero-order chi connectivity index (χ0) is 19.7. The molecule has 0 aliphatic carbocycles. The van der Waals surface area contributed by atoms with Crippen LogP contribution in [0.5, 0.6) is 5.75 Å². The quantitative estimate of drug-likeness (QED) is 0.757. The second kappa shape index (κ2) is 7.56. The Morgan fingerprint density at radius 1 is 1.18 bits per heavy atom. The van der Waals surface area contributed by atoms with E-state index in [0.717, 1.165) is 0 Å². The summed E-state index contributed by atoms with van der Waals surface area (Å²) < 4.78 is 43.2. The number of sulfone groups is 1. The van der Waals surface area contributed by atoms with Crippen LogP contribution < -0.4 is 9.64 Å². The molecule has 2 aliphatic rings. The summed E-state index contributed by atoms with van der Waals surface area (Å²) in [7, 11) is -3.18. The van der Waals surface area contributed by atoms with Crippen LogP contribution in [-0.2, 0) is 14.6 Å². The van der Waals surface area contributed by atoms with E-state index in [0.29, 0.717) is 16.6 Å². The van der Waals surface area contributed by atoms with Gasteiger partial charge in [-0.1, -0.05) is 36.0 Å². The number of benzene rings is 2. The number of fused-ring (bicyclic) bond motifs is 1. The molecule has 1 amide bonds. The molecule has 2 aromatic carbocycles. The lowest BCUT2D eigenvalue weighted by Gasteiger charge is -2.24. The molecule has 0 saturated carbocycles. The number of carbonyl (C=O) groups excluding carboxylic acids is 1. The van der Waals surface area contributed by atoms with Crippen molar-refractivity contribution in [1.82, 2.24) is 0 Å². The fourth-order valence-corrected chi connectivity index (χ4v) is 7.22. The van der Waals surface area contributed by atoms with E-state index in [2.05, 4.69) is 4.99 Å². The van der Waals surface area contributed by atoms with E-state index in [1.807, 2.05) is 6.07 Å². The summed E-state index contributed by atoms with van der Waals surface area (Å²) in [6, 6.07) is 14.4. The first-order chi connectivity index (χ1) is 13.4. The van der Waals surface area contributed by atoms with E-state index in [4.69, 9.17) is 4.74 Å². The first-order valence-corrected chi connectivity index (χ1v) is 11.3. The normalized spacial score (nSPS) is 24.3. The average Bonchev–Trinajstić information content (AvgIpc) is 3.11. The fourth-order valence-electron chi connectivity index (χ4n) is 3.29. The number of halogens is 1. The van der Waals surface area contributed by atoms with E-state index in [9.17, 15) is 17.6 Å². The second-order valence-electron chi connectivity index (χ2n) is 6.54. The molecule has 2 aliphatic heterocycles. The minimum atomic E-state index is -3.18. The van der Waals surface area contributed by atoms with Crippen LogP contribution in [0.4, 0.5) is 10.1 Å². The summed E-state index contributed by atoms with van der Waals surface area (Å²) in [5.41, 5.74) is 0.479. The molecular formula is C19H17FN2O4S2. The van der Waals surface area contributed by atoms with Gasteiger partial charge in [-0.05, 0) is 30.3 Å². The molecule has 146 valence electrons. The Bertz CT molecular complexity index is 1030. The number of carbonyl (C=O) groups is 1. The smallest absolute Gasteiger partial charge is 0.285 e. The molecule has 0 N–H and O–H groups in total. The highest BCUT2D eigenvalue weighted by molar-refractivity contribution is 8.16. The molecule has 2 aromatic rings. The summed E-state index contributed by atoms with van der Waals surface area (Å²) in [4.78, 5) is 18.1. The van der Waals surface area contributed by atoms with Crippen molar-refractivity contribution in [2.24, 2.45) is 4.99 Å². The van der Waals surface area contributed by atoms with Crippen LogP contribution in [0.1, 0.15) is 0 Å². The molecule has 6 nitrogen and oxygen atoms in total. The number of anilines is 1. The lowest BCUT2D eigenvalue weighted by Crippen LogP contribution is -2.37. The Morgan fingerprint density at radius 3 is 2.71 bits per heavy atom. The minimum absolute atomic E-state index is 0.0157. The van der Waals surface area contributed by atoms with Crippen LogP contribution in [0.2, 0.25) is 0 Å². The van der Waals surface area contributed by atoms with Crippen molar-refractivity contribution >= 4 is 38.4 Å². The van der Waals surface area contributed by atoms with Crippen LogP contribution in [0.15, 0.2) is 59.6 Å². The number of nitrogens with zero attached hydrogens (tertiary/aromatic N) is 2. The Balaban J connectivity index is 1.58. The van der Waals surface area contributed by atoms with E-state index in [1.165, 1.54) is 23.9 Å². The van der Waals surface area contributed by atoms with Gasteiger partial charge in [-0.3, -0.25) is 4.79 Å². The first-order valence-electron chi connectivity index (χ1n) is 8.62. The largest absolute Gasteiger partial charge is 0.484 e. The molecule has 0 spiro atoms. The molecule has 2 saturated heterocycles. The molecular weight excluding hydrogens is 403 g/mol. The number of amides is 1. The Labute approximate surface area is 166 Å². The molecule has 0 bridgehead atoms. The molecule has 2 atom stereocenters. The lowest BCUT2D eigenvalue weighted by atomic mass is 10.2. The topological polar surface area (TPSA) is 76.0 Å². The van der Waals surface area contributed by atoms with Gasteiger partial charge in [0.15, 0.2) is 21.6 Å². The number of para-hydroxylation sites is 1. The zero-order valence-corrected chi connectivity index (χ0v) is 16.3. The summed E-state index contributed by atoms with van der Waals surface area (Å²) in [6.45, 7) is -0.237. The van der Waals surface area contributed by atoms with Gasteiger partial charge >= 0.3 is 0 Å². The van der Waals surface area contributed by atoms with Crippen molar-refractivity contribution < 1.29 is 22.3 Å².